The van der Waals surface area contributed by atoms with E-state index in [2.05, 4.69) is 5.32 Å². The number of nitrogens with one attached hydrogen (secondary N) is 1. The van der Waals surface area contributed by atoms with Crippen molar-refractivity contribution in [2.24, 2.45) is 0 Å². The Balaban J connectivity index is 1.87. The Hall–Kier alpha value is -2.47. The minimum atomic E-state index is -0.134. The Kier molecular flexibility index (Phi) is 6.89. The van der Waals surface area contributed by atoms with Crippen LogP contribution in [0.4, 0.5) is 5.69 Å². The molecule has 0 heterocycles. The number of ether oxygens (including phenoxy) is 2. The summed E-state index contributed by atoms with van der Waals surface area (Å²) < 4.78 is 10.4. The van der Waals surface area contributed by atoms with E-state index >= 15 is 0 Å². The lowest BCUT2D eigenvalue weighted by atomic mass is 10.1. The third-order valence-corrected chi connectivity index (χ3v) is 4.41. The van der Waals surface area contributed by atoms with Crippen LogP contribution >= 0.6 is 11.8 Å². The number of aryl methyl sites for hydroxylation is 1. The summed E-state index contributed by atoms with van der Waals surface area (Å²) in [6.45, 7) is 1.96. The van der Waals surface area contributed by atoms with Gasteiger partial charge in [0.1, 0.15) is 11.5 Å². The second-order valence-electron chi connectivity index (χ2n) is 5.40. The molecule has 0 aliphatic carbocycles. The number of anilines is 1. The summed E-state index contributed by atoms with van der Waals surface area (Å²) in [4.78, 5) is 24.3. The van der Waals surface area contributed by atoms with Gasteiger partial charge in [0.05, 0.1) is 31.3 Å². The molecule has 2 aromatic rings. The maximum absolute atomic E-state index is 12.3. The van der Waals surface area contributed by atoms with Crippen molar-refractivity contribution in [3.05, 3.63) is 53.6 Å². The highest BCUT2D eigenvalue weighted by molar-refractivity contribution is 8.00. The lowest BCUT2D eigenvalue weighted by molar-refractivity contribution is -0.113. The first-order valence-electron chi connectivity index (χ1n) is 7.73. The first-order valence-corrected chi connectivity index (χ1v) is 8.88. The molecular formula is C19H21NO4S. The van der Waals surface area contributed by atoms with Crippen LogP contribution in [0.15, 0.2) is 42.5 Å². The van der Waals surface area contributed by atoms with Gasteiger partial charge in [0.25, 0.3) is 0 Å². The zero-order valence-corrected chi connectivity index (χ0v) is 15.3. The molecule has 0 aliphatic rings. The number of ketones is 1. The van der Waals surface area contributed by atoms with E-state index in [1.54, 1.807) is 25.3 Å². The molecule has 0 aliphatic heterocycles. The summed E-state index contributed by atoms with van der Waals surface area (Å²) >= 11 is 1.27. The SMILES string of the molecule is COc1ccc(C(=O)CSCC(=O)Nc2cccc(C)c2)c(OC)c1. The minimum Gasteiger partial charge on any atom is -0.497 e. The van der Waals surface area contributed by atoms with Crippen molar-refractivity contribution >= 4 is 29.1 Å². The highest BCUT2D eigenvalue weighted by Crippen LogP contribution is 2.25. The molecule has 6 heteroatoms. The van der Waals surface area contributed by atoms with Gasteiger partial charge < -0.3 is 14.8 Å². The van der Waals surface area contributed by atoms with Crippen molar-refractivity contribution in [2.45, 2.75) is 6.92 Å². The number of benzene rings is 2. The van der Waals surface area contributed by atoms with Crippen molar-refractivity contribution < 1.29 is 19.1 Å². The summed E-state index contributed by atoms with van der Waals surface area (Å²) in [7, 11) is 3.06. The van der Waals surface area contributed by atoms with Crippen LogP contribution in [0.25, 0.3) is 0 Å². The van der Waals surface area contributed by atoms with E-state index in [4.69, 9.17) is 9.47 Å². The molecule has 0 atom stereocenters. The predicted molar refractivity (Wildman–Crippen MR) is 101 cm³/mol. The Morgan fingerprint density at radius 2 is 1.84 bits per heavy atom. The number of thioether (sulfide) groups is 1. The molecule has 0 saturated heterocycles. The molecule has 132 valence electrons. The van der Waals surface area contributed by atoms with Crippen molar-refractivity contribution in [1.29, 1.82) is 0 Å². The van der Waals surface area contributed by atoms with Gasteiger partial charge in [-0.25, -0.2) is 0 Å². The highest BCUT2D eigenvalue weighted by Gasteiger charge is 2.14. The summed E-state index contributed by atoms with van der Waals surface area (Å²) in [6, 6.07) is 12.6. The molecular weight excluding hydrogens is 338 g/mol. The maximum atomic E-state index is 12.3. The zero-order valence-electron chi connectivity index (χ0n) is 14.5. The molecule has 5 nitrogen and oxygen atoms in total. The van der Waals surface area contributed by atoms with E-state index in [9.17, 15) is 9.59 Å². The molecule has 1 amide bonds. The molecule has 2 aromatic carbocycles. The van der Waals surface area contributed by atoms with Gasteiger partial charge in [-0.05, 0) is 36.8 Å². The molecule has 0 aromatic heterocycles. The Bertz CT molecular complexity index is 761. The van der Waals surface area contributed by atoms with Crippen LogP contribution in [0.5, 0.6) is 11.5 Å². The number of Topliss-reactive ketones (excluding diaryl/α,β-unsaturated/α-hetero) is 1. The topological polar surface area (TPSA) is 64.6 Å². The fourth-order valence-corrected chi connectivity index (χ4v) is 2.96. The molecule has 0 saturated carbocycles. The number of amides is 1. The van der Waals surface area contributed by atoms with Gasteiger partial charge in [0.15, 0.2) is 5.78 Å². The summed E-state index contributed by atoms with van der Waals surface area (Å²) in [5.41, 5.74) is 2.32. The van der Waals surface area contributed by atoms with Gasteiger partial charge in [-0.1, -0.05) is 12.1 Å². The van der Waals surface area contributed by atoms with Crippen LogP contribution in [-0.2, 0) is 4.79 Å². The van der Waals surface area contributed by atoms with E-state index in [1.165, 1.54) is 18.9 Å². The average molecular weight is 359 g/mol. The van der Waals surface area contributed by atoms with Crippen LogP contribution in [0, 0.1) is 6.92 Å². The lowest BCUT2D eigenvalue weighted by Crippen LogP contribution is -2.15. The molecule has 0 unspecified atom stereocenters. The standard InChI is InChI=1S/C19H21NO4S/c1-13-5-4-6-14(9-13)20-19(22)12-25-11-17(21)16-8-7-15(23-2)10-18(16)24-3/h4-10H,11-12H2,1-3H3,(H,20,22). The summed E-state index contributed by atoms with van der Waals surface area (Å²) in [6.07, 6.45) is 0. The summed E-state index contributed by atoms with van der Waals surface area (Å²) in [5.74, 6) is 1.27. The molecule has 1 N–H and O–H groups in total. The second kappa shape index (κ2) is 9.13. The monoisotopic (exact) mass is 359 g/mol. The quantitative estimate of drug-likeness (QED) is 0.730. The van der Waals surface area contributed by atoms with Crippen molar-refractivity contribution in [1.82, 2.24) is 0 Å². The number of carbonyl (C=O) groups excluding carboxylic acids is 2. The largest absolute Gasteiger partial charge is 0.497 e. The molecule has 0 spiro atoms. The molecule has 0 bridgehead atoms. The van der Waals surface area contributed by atoms with Gasteiger partial charge in [0.2, 0.25) is 5.91 Å². The van der Waals surface area contributed by atoms with Crippen molar-refractivity contribution in [3.63, 3.8) is 0 Å². The molecule has 0 fully saturated rings. The molecule has 0 radical (unpaired) electrons. The van der Waals surface area contributed by atoms with Crippen LogP contribution in [0.2, 0.25) is 0 Å². The zero-order chi connectivity index (χ0) is 18.2. The van der Waals surface area contributed by atoms with Gasteiger partial charge in [-0.3, -0.25) is 9.59 Å². The second-order valence-corrected chi connectivity index (χ2v) is 6.39. The molecule has 25 heavy (non-hydrogen) atoms. The minimum absolute atomic E-state index is 0.0899. The van der Waals surface area contributed by atoms with E-state index < -0.39 is 0 Å². The van der Waals surface area contributed by atoms with Crippen LogP contribution in [0.1, 0.15) is 15.9 Å². The fraction of sp³-hybridized carbons (Fsp3) is 0.263. The smallest absolute Gasteiger partial charge is 0.234 e. The predicted octanol–water partition coefficient (Wildman–Crippen LogP) is 3.57. The van der Waals surface area contributed by atoms with E-state index in [-0.39, 0.29) is 23.2 Å². The highest BCUT2D eigenvalue weighted by atomic mass is 32.2. The van der Waals surface area contributed by atoms with Crippen molar-refractivity contribution in [2.75, 3.05) is 31.0 Å². The van der Waals surface area contributed by atoms with E-state index in [0.717, 1.165) is 11.3 Å². The summed E-state index contributed by atoms with van der Waals surface area (Å²) in [5, 5.41) is 2.82. The van der Waals surface area contributed by atoms with Gasteiger partial charge in [-0.2, -0.15) is 0 Å². The average Bonchev–Trinajstić information content (AvgIpc) is 2.61. The normalized spacial score (nSPS) is 10.2. The first kappa shape index (κ1) is 18.9. The Morgan fingerprint density at radius 1 is 1.04 bits per heavy atom. The Labute approximate surface area is 151 Å². The van der Waals surface area contributed by atoms with Gasteiger partial charge in [-0.15, -0.1) is 11.8 Å². The number of hydrogen-bond donors (Lipinski definition) is 1. The maximum Gasteiger partial charge on any atom is 0.234 e. The van der Waals surface area contributed by atoms with Crippen LogP contribution < -0.4 is 14.8 Å². The Morgan fingerprint density at radius 3 is 2.52 bits per heavy atom. The van der Waals surface area contributed by atoms with Gasteiger partial charge in [0, 0.05) is 11.8 Å². The number of methoxy groups -OCH3 is 2. The van der Waals surface area contributed by atoms with E-state index in [1.807, 2.05) is 31.2 Å². The number of carbonyl (C=O) groups is 2. The fourth-order valence-electron chi connectivity index (χ4n) is 2.26. The third kappa shape index (κ3) is 5.53. The van der Waals surface area contributed by atoms with Gasteiger partial charge >= 0.3 is 0 Å². The van der Waals surface area contributed by atoms with Crippen LogP contribution in [0.3, 0.4) is 0 Å². The van der Waals surface area contributed by atoms with E-state index in [0.29, 0.717) is 17.1 Å². The number of hydrogen-bond acceptors (Lipinski definition) is 5. The van der Waals surface area contributed by atoms with Crippen molar-refractivity contribution in [3.8, 4) is 11.5 Å². The lowest BCUT2D eigenvalue weighted by Gasteiger charge is -2.09. The first-order chi connectivity index (χ1) is 12.0. The third-order valence-electron chi connectivity index (χ3n) is 3.48. The number of rotatable bonds is 8. The van der Waals surface area contributed by atoms with Crippen LogP contribution in [-0.4, -0.2) is 37.4 Å². The molecule has 2 rings (SSSR count).